The molecule has 0 spiro atoms. The van der Waals surface area contributed by atoms with Gasteiger partial charge in [0.05, 0.1) is 42.8 Å². The number of carbonyl (C=O) groups excluding carboxylic acids is 1. The molecule has 1 fully saturated rings. The lowest BCUT2D eigenvalue weighted by molar-refractivity contribution is -0.917. The predicted molar refractivity (Wildman–Crippen MR) is 104 cm³/mol. The molecule has 0 aliphatic carbocycles. The van der Waals surface area contributed by atoms with E-state index in [9.17, 15) is 4.79 Å². The Hall–Kier alpha value is -2.55. The fourth-order valence-electron chi connectivity index (χ4n) is 3.27. The van der Waals surface area contributed by atoms with Crippen molar-refractivity contribution in [3.63, 3.8) is 0 Å². The Bertz CT molecular complexity index is 827. The van der Waals surface area contributed by atoms with Crippen LogP contribution in [0, 0.1) is 11.3 Å². The summed E-state index contributed by atoms with van der Waals surface area (Å²) < 4.78 is 5.74. The summed E-state index contributed by atoms with van der Waals surface area (Å²) in [6.45, 7) is 6.00. The topological polar surface area (TPSA) is 57.8 Å². The molecule has 1 saturated heterocycles. The van der Waals surface area contributed by atoms with Crippen molar-refractivity contribution in [3.05, 3.63) is 64.7 Å². The zero-order valence-electron chi connectivity index (χ0n) is 15.3. The van der Waals surface area contributed by atoms with Crippen LogP contribution in [0.2, 0.25) is 5.02 Å². The molecule has 27 heavy (non-hydrogen) atoms. The zero-order chi connectivity index (χ0) is 19.2. The Balaban J connectivity index is 1.52. The van der Waals surface area contributed by atoms with Gasteiger partial charge >= 0.3 is 0 Å². The standard InChI is InChI=1S/C21H22ClN3O2/c1-16(27-20-8-7-18(14-23)13-19(20)22)21(26)25-11-9-24(10-12-25)15-17-5-3-2-4-6-17/h2-8,13,16H,9-12,15H2,1H3/p+1/t16-/m0/s1. The Kier molecular flexibility index (Phi) is 6.33. The van der Waals surface area contributed by atoms with Gasteiger partial charge in [0.25, 0.3) is 5.91 Å². The van der Waals surface area contributed by atoms with Gasteiger partial charge in [0, 0.05) is 5.56 Å². The van der Waals surface area contributed by atoms with E-state index in [1.165, 1.54) is 10.5 Å². The first-order chi connectivity index (χ1) is 13.1. The number of carbonyl (C=O) groups is 1. The molecular weight excluding hydrogens is 362 g/mol. The molecule has 0 unspecified atom stereocenters. The van der Waals surface area contributed by atoms with Crippen molar-refractivity contribution < 1.29 is 14.4 Å². The lowest BCUT2D eigenvalue weighted by Gasteiger charge is -2.33. The average Bonchev–Trinajstić information content (AvgIpc) is 2.70. The van der Waals surface area contributed by atoms with E-state index < -0.39 is 6.10 Å². The Morgan fingerprint density at radius 1 is 1.26 bits per heavy atom. The maximum atomic E-state index is 12.7. The van der Waals surface area contributed by atoms with Crippen molar-refractivity contribution in [1.29, 1.82) is 5.26 Å². The maximum Gasteiger partial charge on any atom is 0.263 e. The van der Waals surface area contributed by atoms with Crippen LogP contribution in [0.25, 0.3) is 0 Å². The van der Waals surface area contributed by atoms with Crippen molar-refractivity contribution in [3.8, 4) is 11.8 Å². The second-order valence-corrected chi connectivity index (χ2v) is 7.16. The highest BCUT2D eigenvalue weighted by Crippen LogP contribution is 2.26. The summed E-state index contributed by atoms with van der Waals surface area (Å²) >= 11 is 6.13. The molecule has 1 aliphatic heterocycles. The maximum absolute atomic E-state index is 12.7. The summed E-state index contributed by atoms with van der Waals surface area (Å²) in [5.41, 5.74) is 1.78. The average molecular weight is 385 g/mol. The van der Waals surface area contributed by atoms with Gasteiger partial charge < -0.3 is 14.5 Å². The van der Waals surface area contributed by atoms with Gasteiger partial charge in [-0.25, -0.2) is 0 Å². The summed E-state index contributed by atoms with van der Waals surface area (Å²) in [5.74, 6) is 0.388. The first kappa shape index (κ1) is 19.2. The number of nitrogens with one attached hydrogen (secondary N) is 1. The number of ether oxygens (including phenoxy) is 1. The van der Waals surface area contributed by atoms with Crippen LogP contribution in [-0.2, 0) is 11.3 Å². The molecule has 5 nitrogen and oxygen atoms in total. The Morgan fingerprint density at radius 2 is 1.96 bits per heavy atom. The van der Waals surface area contributed by atoms with Gasteiger partial charge in [-0.2, -0.15) is 5.26 Å². The summed E-state index contributed by atoms with van der Waals surface area (Å²) in [7, 11) is 0. The van der Waals surface area contributed by atoms with Gasteiger partial charge in [0.1, 0.15) is 12.3 Å². The van der Waals surface area contributed by atoms with E-state index in [1.54, 1.807) is 25.1 Å². The first-order valence-corrected chi connectivity index (χ1v) is 9.47. The molecule has 2 aromatic rings. The van der Waals surface area contributed by atoms with Crippen LogP contribution in [0.5, 0.6) is 5.75 Å². The van der Waals surface area contributed by atoms with Gasteiger partial charge in [0.15, 0.2) is 6.10 Å². The number of quaternary nitrogens is 1. The molecule has 0 saturated carbocycles. The third-order valence-corrected chi connectivity index (χ3v) is 5.09. The zero-order valence-corrected chi connectivity index (χ0v) is 16.1. The van der Waals surface area contributed by atoms with Crippen molar-refractivity contribution in [2.75, 3.05) is 26.2 Å². The largest absolute Gasteiger partial charge is 0.479 e. The quantitative estimate of drug-likeness (QED) is 0.856. The lowest BCUT2D eigenvalue weighted by atomic mass is 10.2. The molecule has 1 aliphatic rings. The van der Waals surface area contributed by atoms with Crippen LogP contribution in [0.15, 0.2) is 48.5 Å². The number of rotatable bonds is 5. The second kappa shape index (κ2) is 8.90. The highest BCUT2D eigenvalue weighted by molar-refractivity contribution is 6.32. The Morgan fingerprint density at radius 3 is 2.59 bits per heavy atom. The van der Waals surface area contributed by atoms with Crippen LogP contribution in [-0.4, -0.2) is 43.1 Å². The van der Waals surface area contributed by atoms with Gasteiger partial charge in [-0.15, -0.1) is 0 Å². The summed E-state index contributed by atoms with van der Waals surface area (Å²) in [6.07, 6.45) is -0.619. The smallest absolute Gasteiger partial charge is 0.263 e. The molecule has 0 aromatic heterocycles. The molecule has 140 valence electrons. The minimum atomic E-state index is -0.619. The molecule has 1 N–H and O–H groups in total. The minimum absolute atomic E-state index is 0.0332. The number of nitriles is 1. The van der Waals surface area contributed by atoms with Crippen molar-refractivity contribution >= 4 is 17.5 Å². The fourth-order valence-corrected chi connectivity index (χ4v) is 3.49. The van der Waals surface area contributed by atoms with Gasteiger partial charge in [-0.3, -0.25) is 4.79 Å². The molecule has 1 atom stereocenters. The molecule has 6 heteroatoms. The molecule has 0 radical (unpaired) electrons. The number of hydrogen-bond acceptors (Lipinski definition) is 3. The van der Waals surface area contributed by atoms with E-state index in [0.29, 0.717) is 16.3 Å². The van der Waals surface area contributed by atoms with Crippen LogP contribution < -0.4 is 9.64 Å². The fraction of sp³-hybridized carbons (Fsp3) is 0.333. The molecule has 3 rings (SSSR count). The molecule has 1 heterocycles. The third kappa shape index (κ3) is 5.00. The van der Waals surface area contributed by atoms with Crippen LogP contribution >= 0.6 is 11.6 Å². The van der Waals surface area contributed by atoms with E-state index in [0.717, 1.165) is 32.7 Å². The van der Waals surface area contributed by atoms with Crippen molar-refractivity contribution in [2.45, 2.75) is 19.6 Å². The van der Waals surface area contributed by atoms with Crippen molar-refractivity contribution in [1.82, 2.24) is 4.90 Å². The number of benzene rings is 2. The molecule has 0 bridgehead atoms. The van der Waals surface area contributed by atoms with Crippen LogP contribution in [0.1, 0.15) is 18.1 Å². The molecule has 1 amide bonds. The van der Waals surface area contributed by atoms with Gasteiger partial charge in [-0.05, 0) is 25.1 Å². The summed E-state index contributed by atoms with van der Waals surface area (Å²) in [4.78, 5) is 16.0. The van der Waals surface area contributed by atoms with E-state index in [-0.39, 0.29) is 5.91 Å². The normalized spacial score (nSPS) is 15.8. The lowest BCUT2D eigenvalue weighted by Crippen LogP contribution is -3.13. The Labute approximate surface area is 164 Å². The second-order valence-electron chi connectivity index (χ2n) is 6.75. The van der Waals surface area contributed by atoms with Crippen LogP contribution in [0.3, 0.4) is 0 Å². The van der Waals surface area contributed by atoms with E-state index in [2.05, 4.69) is 24.3 Å². The number of halogens is 1. The summed E-state index contributed by atoms with van der Waals surface area (Å²) in [5, 5.41) is 9.23. The van der Waals surface area contributed by atoms with Crippen molar-refractivity contribution in [2.24, 2.45) is 0 Å². The van der Waals surface area contributed by atoms with E-state index >= 15 is 0 Å². The monoisotopic (exact) mass is 384 g/mol. The number of hydrogen-bond donors (Lipinski definition) is 1. The minimum Gasteiger partial charge on any atom is -0.479 e. The van der Waals surface area contributed by atoms with Gasteiger partial charge in [-0.1, -0.05) is 41.9 Å². The molecular formula is C21H23ClN3O2+. The SMILES string of the molecule is C[C@H](Oc1ccc(C#N)cc1Cl)C(=O)N1CC[NH+](Cc2ccccc2)CC1. The van der Waals surface area contributed by atoms with E-state index in [1.807, 2.05) is 17.0 Å². The third-order valence-electron chi connectivity index (χ3n) is 4.79. The van der Waals surface area contributed by atoms with Gasteiger partial charge in [0.2, 0.25) is 0 Å². The first-order valence-electron chi connectivity index (χ1n) is 9.09. The van der Waals surface area contributed by atoms with E-state index in [4.69, 9.17) is 21.6 Å². The number of amides is 1. The number of nitrogens with zero attached hydrogens (tertiary/aromatic N) is 2. The number of piperazine rings is 1. The highest BCUT2D eigenvalue weighted by atomic mass is 35.5. The van der Waals surface area contributed by atoms with Crippen LogP contribution in [0.4, 0.5) is 0 Å². The highest BCUT2D eigenvalue weighted by Gasteiger charge is 2.28. The summed E-state index contributed by atoms with van der Waals surface area (Å²) in [6, 6.07) is 17.2. The molecule has 2 aromatic carbocycles. The predicted octanol–water partition coefficient (Wildman–Crippen LogP) is 1.91.